The molecule has 0 amide bonds. The Hall–Kier alpha value is -1.57. The molecule has 1 N–H and O–H groups in total. The minimum atomic E-state index is -0.284. The number of morpholine rings is 1. The van der Waals surface area contributed by atoms with Gasteiger partial charge in [0.05, 0.1) is 29.9 Å². The molecular formula is C15H20N2O2. The van der Waals surface area contributed by atoms with Gasteiger partial charge < -0.3 is 14.7 Å². The fraction of sp³-hybridized carbons (Fsp3) is 0.533. The Bertz CT molecular complexity index is 505. The van der Waals surface area contributed by atoms with Crippen molar-refractivity contribution in [3.05, 3.63) is 29.3 Å². The van der Waals surface area contributed by atoms with E-state index in [1.54, 1.807) is 0 Å². The molecule has 1 atom stereocenters. The summed E-state index contributed by atoms with van der Waals surface area (Å²) in [6, 6.07) is 8.01. The average molecular weight is 260 g/mol. The van der Waals surface area contributed by atoms with Crippen LogP contribution in [-0.4, -0.2) is 36.5 Å². The standard InChI is InChI=1S/C15H20N2O2/c1-11-6-13(5-4-12(11)7-16)17-8-14(9-18)19-15(2,3)10-17/h4-6,14,18H,8-10H2,1-3H3. The smallest absolute Gasteiger partial charge is 0.0994 e. The molecule has 1 aliphatic rings. The van der Waals surface area contributed by atoms with Gasteiger partial charge in [-0.1, -0.05) is 0 Å². The van der Waals surface area contributed by atoms with Crippen LogP contribution in [0.1, 0.15) is 25.0 Å². The van der Waals surface area contributed by atoms with E-state index in [4.69, 9.17) is 10.00 Å². The van der Waals surface area contributed by atoms with Gasteiger partial charge >= 0.3 is 0 Å². The Labute approximate surface area is 114 Å². The topological polar surface area (TPSA) is 56.5 Å². The second-order valence-corrected chi connectivity index (χ2v) is 5.67. The summed E-state index contributed by atoms with van der Waals surface area (Å²) in [5, 5.41) is 18.3. The van der Waals surface area contributed by atoms with Crippen molar-refractivity contribution < 1.29 is 9.84 Å². The summed E-state index contributed by atoms with van der Waals surface area (Å²) in [5.41, 5.74) is 2.47. The van der Waals surface area contributed by atoms with Crippen molar-refractivity contribution in [3.8, 4) is 6.07 Å². The summed E-state index contributed by atoms with van der Waals surface area (Å²) in [6.45, 7) is 7.46. The fourth-order valence-corrected chi connectivity index (χ4v) is 2.56. The Morgan fingerprint density at radius 3 is 2.84 bits per heavy atom. The van der Waals surface area contributed by atoms with Crippen molar-refractivity contribution >= 4 is 5.69 Å². The number of hydrogen-bond donors (Lipinski definition) is 1. The van der Waals surface area contributed by atoms with Crippen LogP contribution in [0.3, 0.4) is 0 Å². The number of ether oxygens (including phenoxy) is 1. The van der Waals surface area contributed by atoms with Gasteiger partial charge in [0.1, 0.15) is 0 Å². The second kappa shape index (κ2) is 5.20. The van der Waals surface area contributed by atoms with E-state index in [2.05, 4.69) is 11.0 Å². The highest BCUT2D eigenvalue weighted by atomic mass is 16.5. The zero-order valence-electron chi connectivity index (χ0n) is 11.7. The van der Waals surface area contributed by atoms with Crippen LogP contribution in [0, 0.1) is 18.3 Å². The first-order valence-corrected chi connectivity index (χ1v) is 6.49. The van der Waals surface area contributed by atoms with E-state index in [0.717, 1.165) is 17.8 Å². The van der Waals surface area contributed by atoms with Gasteiger partial charge in [0.2, 0.25) is 0 Å². The number of nitrogens with zero attached hydrogens (tertiary/aromatic N) is 2. The molecule has 19 heavy (non-hydrogen) atoms. The van der Waals surface area contributed by atoms with Crippen molar-refractivity contribution in [1.82, 2.24) is 0 Å². The number of aliphatic hydroxyl groups excluding tert-OH is 1. The Morgan fingerprint density at radius 2 is 2.26 bits per heavy atom. The minimum Gasteiger partial charge on any atom is -0.394 e. The summed E-state index contributed by atoms with van der Waals surface area (Å²) in [7, 11) is 0. The SMILES string of the molecule is Cc1cc(N2CC(CO)OC(C)(C)C2)ccc1C#N. The van der Waals surface area contributed by atoms with Crippen LogP contribution in [0.5, 0.6) is 0 Å². The van der Waals surface area contributed by atoms with Gasteiger partial charge in [-0.3, -0.25) is 0 Å². The number of benzene rings is 1. The predicted octanol–water partition coefficient (Wildman–Crippen LogP) is 1.84. The predicted molar refractivity (Wildman–Crippen MR) is 74.1 cm³/mol. The minimum absolute atomic E-state index is 0.0230. The molecule has 1 heterocycles. The Morgan fingerprint density at radius 1 is 1.53 bits per heavy atom. The van der Waals surface area contributed by atoms with Crippen molar-refractivity contribution in [2.24, 2.45) is 0 Å². The molecule has 0 bridgehead atoms. The molecule has 0 aromatic heterocycles. The number of hydrogen-bond acceptors (Lipinski definition) is 4. The number of aliphatic hydroxyl groups is 1. The van der Waals surface area contributed by atoms with Crippen LogP contribution in [0.25, 0.3) is 0 Å². The second-order valence-electron chi connectivity index (χ2n) is 5.67. The van der Waals surface area contributed by atoms with E-state index in [1.807, 2.05) is 39.0 Å². The van der Waals surface area contributed by atoms with Crippen molar-refractivity contribution in [2.75, 3.05) is 24.6 Å². The van der Waals surface area contributed by atoms with Gasteiger partial charge in [0.15, 0.2) is 0 Å². The Balaban J connectivity index is 2.26. The number of aryl methyl sites for hydroxylation is 1. The molecule has 1 aliphatic heterocycles. The molecule has 4 nitrogen and oxygen atoms in total. The van der Waals surface area contributed by atoms with E-state index in [1.165, 1.54) is 0 Å². The molecule has 1 unspecified atom stereocenters. The number of rotatable bonds is 2. The van der Waals surface area contributed by atoms with Crippen LogP contribution >= 0.6 is 0 Å². The van der Waals surface area contributed by atoms with E-state index in [9.17, 15) is 5.11 Å². The molecule has 1 saturated heterocycles. The van der Waals surface area contributed by atoms with Gasteiger partial charge in [-0.05, 0) is 44.5 Å². The van der Waals surface area contributed by atoms with Gasteiger partial charge in [-0.25, -0.2) is 0 Å². The highest BCUT2D eigenvalue weighted by molar-refractivity contribution is 5.54. The first-order chi connectivity index (χ1) is 8.95. The lowest BCUT2D eigenvalue weighted by Crippen LogP contribution is -2.54. The lowest BCUT2D eigenvalue weighted by atomic mass is 10.0. The third kappa shape index (κ3) is 3.06. The average Bonchev–Trinajstić information content (AvgIpc) is 2.36. The van der Waals surface area contributed by atoms with E-state index < -0.39 is 0 Å². The summed E-state index contributed by atoms with van der Waals surface area (Å²) >= 11 is 0. The summed E-state index contributed by atoms with van der Waals surface area (Å²) < 4.78 is 5.81. The van der Waals surface area contributed by atoms with Gasteiger partial charge in [0.25, 0.3) is 0 Å². The molecule has 1 fully saturated rings. The zero-order valence-corrected chi connectivity index (χ0v) is 11.7. The quantitative estimate of drug-likeness (QED) is 0.881. The van der Waals surface area contributed by atoms with E-state index >= 15 is 0 Å². The molecule has 102 valence electrons. The maximum Gasteiger partial charge on any atom is 0.0994 e. The third-order valence-corrected chi connectivity index (χ3v) is 3.38. The van der Waals surface area contributed by atoms with Crippen LogP contribution in [0.2, 0.25) is 0 Å². The van der Waals surface area contributed by atoms with Crippen molar-refractivity contribution in [1.29, 1.82) is 5.26 Å². The highest BCUT2D eigenvalue weighted by Crippen LogP contribution is 2.27. The van der Waals surface area contributed by atoms with E-state index in [-0.39, 0.29) is 18.3 Å². The number of anilines is 1. The molecule has 0 radical (unpaired) electrons. The van der Waals surface area contributed by atoms with Crippen LogP contribution in [0.15, 0.2) is 18.2 Å². The van der Waals surface area contributed by atoms with Crippen LogP contribution < -0.4 is 4.90 Å². The van der Waals surface area contributed by atoms with Gasteiger partial charge in [0, 0.05) is 18.8 Å². The first kappa shape index (κ1) is 13.9. The molecule has 2 rings (SSSR count). The highest BCUT2D eigenvalue weighted by Gasteiger charge is 2.33. The maximum absolute atomic E-state index is 9.33. The lowest BCUT2D eigenvalue weighted by molar-refractivity contribution is -0.101. The molecule has 0 saturated carbocycles. The Kier molecular flexibility index (Phi) is 3.79. The van der Waals surface area contributed by atoms with Crippen LogP contribution in [-0.2, 0) is 4.74 Å². The summed E-state index contributed by atoms with van der Waals surface area (Å²) in [4.78, 5) is 2.21. The van der Waals surface area contributed by atoms with Gasteiger partial charge in [-0.2, -0.15) is 5.26 Å². The maximum atomic E-state index is 9.33. The third-order valence-electron chi connectivity index (χ3n) is 3.38. The molecular weight excluding hydrogens is 240 g/mol. The molecule has 1 aromatic carbocycles. The molecule has 0 aliphatic carbocycles. The molecule has 0 spiro atoms. The normalized spacial score (nSPS) is 22.1. The first-order valence-electron chi connectivity index (χ1n) is 6.49. The number of nitriles is 1. The van der Waals surface area contributed by atoms with Crippen LogP contribution in [0.4, 0.5) is 5.69 Å². The summed E-state index contributed by atoms with van der Waals surface area (Å²) in [6.07, 6.45) is -0.167. The lowest BCUT2D eigenvalue weighted by Gasteiger charge is -2.43. The van der Waals surface area contributed by atoms with Crippen molar-refractivity contribution in [3.63, 3.8) is 0 Å². The van der Waals surface area contributed by atoms with Crippen molar-refractivity contribution in [2.45, 2.75) is 32.5 Å². The van der Waals surface area contributed by atoms with E-state index in [0.29, 0.717) is 12.1 Å². The van der Waals surface area contributed by atoms with Gasteiger partial charge in [-0.15, -0.1) is 0 Å². The molecule has 4 heteroatoms. The fourth-order valence-electron chi connectivity index (χ4n) is 2.56. The summed E-state index contributed by atoms with van der Waals surface area (Å²) in [5.74, 6) is 0. The monoisotopic (exact) mass is 260 g/mol. The molecule has 1 aromatic rings. The largest absolute Gasteiger partial charge is 0.394 e. The zero-order chi connectivity index (χ0) is 14.0.